The molecular weight excluding hydrogens is 195 g/mol. The first-order valence-electron chi connectivity index (χ1n) is 4.83. The molecule has 2 nitrogen and oxygen atoms in total. The van der Waals surface area contributed by atoms with Gasteiger partial charge in [0, 0.05) is 0 Å². The summed E-state index contributed by atoms with van der Waals surface area (Å²) in [5, 5.41) is 0. The van der Waals surface area contributed by atoms with Crippen molar-refractivity contribution in [3.05, 3.63) is 35.6 Å². The zero-order valence-electron chi connectivity index (χ0n) is 9.00. The molecule has 0 atom stereocenters. The Hall–Kier alpha value is -1.51. The van der Waals surface area contributed by atoms with Gasteiger partial charge < -0.3 is 9.47 Å². The van der Waals surface area contributed by atoms with Crippen molar-refractivity contribution in [1.82, 2.24) is 0 Å². The van der Waals surface area contributed by atoms with Gasteiger partial charge in [0.15, 0.2) is 0 Å². The lowest BCUT2D eigenvalue weighted by Crippen LogP contribution is -1.93. The number of methoxy groups -OCH3 is 1. The smallest absolute Gasteiger partial charge is 0.147 e. The van der Waals surface area contributed by atoms with Crippen molar-refractivity contribution in [1.29, 1.82) is 0 Å². The van der Waals surface area contributed by atoms with E-state index in [0.29, 0.717) is 12.4 Å². The molecule has 0 N–H and O–H groups in total. The Bertz CT molecular complexity index is 334. The number of hydrogen-bond acceptors (Lipinski definition) is 2. The fourth-order valence-electron chi connectivity index (χ4n) is 1.22. The molecule has 0 aliphatic carbocycles. The normalized spacial score (nSPS) is 11.3. The van der Waals surface area contributed by atoms with Crippen LogP contribution in [0.2, 0.25) is 0 Å². The van der Waals surface area contributed by atoms with E-state index in [-0.39, 0.29) is 0 Å². The van der Waals surface area contributed by atoms with Gasteiger partial charge in [0.05, 0.1) is 13.7 Å². The van der Waals surface area contributed by atoms with Crippen LogP contribution in [0.3, 0.4) is 0 Å². The first kappa shape index (κ1) is 11.6. The molecule has 15 heavy (non-hydrogen) atoms. The molecule has 0 amide bonds. The molecule has 0 aliphatic rings. The summed E-state index contributed by atoms with van der Waals surface area (Å²) < 4.78 is 22.7. The molecule has 0 aliphatic heterocycles. The van der Waals surface area contributed by atoms with Gasteiger partial charge in [-0.05, 0) is 30.7 Å². The maximum Gasteiger partial charge on any atom is 0.147 e. The van der Waals surface area contributed by atoms with E-state index in [2.05, 4.69) is 0 Å². The molecule has 0 fully saturated rings. The van der Waals surface area contributed by atoms with Gasteiger partial charge in [0.25, 0.3) is 0 Å². The zero-order chi connectivity index (χ0) is 11.1. The van der Waals surface area contributed by atoms with Gasteiger partial charge in [-0.2, -0.15) is 0 Å². The number of ether oxygens (including phenoxy) is 2. The third-order valence-corrected chi connectivity index (χ3v) is 1.88. The van der Waals surface area contributed by atoms with E-state index in [1.54, 1.807) is 13.2 Å². The maximum atomic E-state index is 12.5. The predicted molar refractivity (Wildman–Crippen MR) is 58.6 cm³/mol. The summed E-state index contributed by atoms with van der Waals surface area (Å²) in [6.45, 7) is 1.71. The van der Waals surface area contributed by atoms with Crippen LogP contribution in [0.5, 0.6) is 5.75 Å². The van der Waals surface area contributed by atoms with Crippen LogP contribution in [-0.4, -0.2) is 20.4 Å². The second-order valence-corrected chi connectivity index (χ2v) is 2.95. The van der Waals surface area contributed by atoms with E-state index < -0.39 is 6.67 Å². The Morgan fingerprint density at radius 2 is 2.27 bits per heavy atom. The van der Waals surface area contributed by atoms with E-state index in [9.17, 15) is 4.39 Å². The van der Waals surface area contributed by atoms with Crippen LogP contribution < -0.4 is 4.74 Å². The topological polar surface area (TPSA) is 18.5 Å². The molecule has 0 unspecified atom stereocenters. The van der Waals surface area contributed by atoms with Crippen LogP contribution >= 0.6 is 0 Å². The lowest BCUT2D eigenvalue weighted by molar-refractivity contribution is 0.208. The third kappa shape index (κ3) is 3.62. The Kier molecular flexibility index (Phi) is 4.68. The number of halogens is 1. The zero-order valence-corrected chi connectivity index (χ0v) is 9.00. The van der Waals surface area contributed by atoms with Crippen LogP contribution in [0.4, 0.5) is 4.39 Å². The van der Waals surface area contributed by atoms with E-state index in [1.807, 2.05) is 31.2 Å². The first-order valence-corrected chi connectivity index (χ1v) is 4.83. The fourth-order valence-corrected chi connectivity index (χ4v) is 1.22. The minimum absolute atomic E-state index is 0.339. The van der Waals surface area contributed by atoms with Crippen LogP contribution in [0.25, 0.3) is 6.08 Å². The highest BCUT2D eigenvalue weighted by Gasteiger charge is 1.98. The Labute approximate surface area is 89.3 Å². The number of hydrogen-bond donors (Lipinski definition) is 0. The van der Waals surface area contributed by atoms with E-state index >= 15 is 0 Å². The molecule has 0 heterocycles. The van der Waals surface area contributed by atoms with Gasteiger partial charge in [-0.15, -0.1) is 0 Å². The Morgan fingerprint density at radius 1 is 1.47 bits per heavy atom. The van der Waals surface area contributed by atoms with E-state index in [0.717, 1.165) is 11.3 Å². The average molecular weight is 210 g/mol. The molecule has 0 bridgehead atoms. The van der Waals surface area contributed by atoms with Gasteiger partial charge in [-0.1, -0.05) is 12.1 Å². The second-order valence-electron chi connectivity index (χ2n) is 2.95. The van der Waals surface area contributed by atoms with Crippen molar-refractivity contribution in [2.45, 2.75) is 6.92 Å². The van der Waals surface area contributed by atoms with Crippen molar-refractivity contribution in [2.24, 2.45) is 0 Å². The molecular formula is C12H15FO2. The van der Waals surface area contributed by atoms with Gasteiger partial charge in [-0.3, -0.25) is 0 Å². The van der Waals surface area contributed by atoms with Gasteiger partial charge >= 0.3 is 0 Å². The fraction of sp³-hybridized carbons (Fsp3) is 0.333. The minimum atomic E-state index is -0.592. The molecule has 1 rings (SSSR count). The lowest BCUT2D eigenvalue weighted by Gasteiger charge is -2.05. The molecule has 82 valence electrons. The Morgan fingerprint density at radius 3 is 2.87 bits per heavy atom. The number of benzene rings is 1. The largest absolute Gasteiger partial charge is 0.497 e. The number of allylic oxidation sites excluding steroid dienone is 1. The molecule has 1 aromatic rings. The molecule has 0 saturated heterocycles. The lowest BCUT2D eigenvalue weighted by atomic mass is 10.2. The highest BCUT2D eigenvalue weighted by Crippen LogP contribution is 2.15. The van der Waals surface area contributed by atoms with Crippen molar-refractivity contribution in [2.75, 3.05) is 20.4 Å². The monoisotopic (exact) mass is 210 g/mol. The summed E-state index contributed by atoms with van der Waals surface area (Å²) in [5.41, 5.74) is 0.871. The number of rotatable bonds is 5. The van der Waals surface area contributed by atoms with Crippen LogP contribution in [0, 0.1) is 0 Å². The highest BCUT2D eigenvalue weighted by molar-refractivity contribution is 5.53. The summed E-state index contributed by atoms with van der Waals surface area (Å²) in [7, 11) is 1.60. The van der Waals surface area contributed by atoms with Crippen molar-refractivity contribution < 1.29 is 13.9 Å². The van der Waals surface area contributed by atoms with E-state index in [4.69, 9.17) is 9.47 Å². The minimum Gasteiger partial charge on any atom is -0.497 e. The number of alkyl halides is 1. The molecule has 0 saturated carbocycles. The van der Waals surface area contributed by atoms with Crippen LogP contribution in [-0.2, 0) is 4.74 Å². The SMILES string of the molecule is CCOC(=Cc1cccc(OC)c1)CF. The van der Waals surface area contributed by atoms with Crippen LogP contribution in [0.15, 0.2) is 30.0 Å². The molecule has 0 aromatic heterocycles. The Balaban J connectivity index is 2.85. The van der Waals surface area contributed by atoms with Crippen LogP contribution in [0.1, 0.15) is 12.5 Å². The van der Waals surface area contributed by atoms with Gasteiger partial charge in [0.1, 0.15) is 18.2 Å². The summed E-state index contributed by atoms with van der Waals surface area (Å²) in [5.74, 6) is 1.09. The quantitative estimate of drug-likeness (QED) is 0.695. The van der Waals surface area contributed by atoms with Crippen molar-refractivity contribution in [3.63, 3.8) is 0 Å². The second kappa shape index (κ2) is 6.06. The van der Waals surface area contributed by atoms with E-state index in [1.165, 1.54) is 0 Å². The third-order valence-electron chi connectivity index (χ3n) is 1.88. The summed E-state index contributed by atoms with van der Waals surface area (Å²) in [6.07, 6.45) is 1.67. The molecule has 0 radical (unpaired) electrons. The van der Waals surface area contributed by atoms with Crippen molar-refractivity contribution >= 4 is 6.08 Å². The van der Waals surface area contributed by atoms with Gasteiger partial charge in [0.2, 0.25) is 0 Å². The summed E-state index contributed by atoms with van der Waals surface area (Å²) >= 11 is 0. The maximum absolute atomic E-state index is 12.5. The summed E-state index contributed by atoms with van der Waals surface area (Å²) in [6, 6.07) is 7.39. The highest BCUT2D eigenvalue weighted by atomic mass is 19.1. The standard InChI is InChI=1S/C12H15FO2/c1-3-15-12(9-13)8-10-5-4-6-11(7-10)14-2/h4-8H,3,9H2,1-2H3. The molecule has 0 spiro atoms. The molecule has 1 aromatic carbocycles. The summed E-state index contributed by atoms with van der Waals surface area (Å²) in [4.78, 5) is 0. The van der Waals surface area contributed by atoms with Crippen molar-refractivity contribution in [3.8, 4) is 5.75 Å². The molecule has 3 heteroatoms. The predicted octanol–water partition coefficient (Wildman–Crippen LogP) is 3.04. The average Bonchev–Trinajstić information content (AvgIpc) is 2.29. The first-order chi connectivity index (χ1) is 7.30. The van der Waals surface area contributed by atoms with Gasteiger partial charge in [-0.25, -0.2) is 4.39 Å².